The SMILES string of the molecule is COc1ccc(C(NCCCC[C@@H](N)C(=O)Nc2ccc(CO)cc2)(c2ccccc2)c2ccccc2)cc1. The maximum atomic E-state index is 12.6. The van der Waals surface area contributed by atoms with Crippen molar-refractivity contribution in [1.82, 2.24) is 5.32 Å². The summed E-state index contributed by atoms with van der Waals surface area (Å²) in [6.45, 7) is 0.697. The Morgan fingerprint density at radius 1 is 0.821 bits per heavy atom. The molecule has 4 rings (SSSR count). The van der Waals surface area contributed by atoms with E-state index in [4.69, 9.17) is 10.5 Å². The third kappa shape index (κ3) is 6.92. The molecule has 1 amide bonds. The number of amides is 1. The standard InChI is InChI=1S/C33H37N3O3/c1-39-30-21-17-28(18-22-30)33(26-10-4-2-5-11-26,27-12-6-3-7-13-27)35-23-9-8-14-31(34)32(38)36-29-19-15-25(24-37)16-20-29/h2-7,10-13,15-22,31,35,37H,8-9,14,23-24,34H2,1H3,(H,36,38)/t31-/m1/s1. The summed E-state index contributed by atoms with van der Waals surface area (Å²) in [6.07, 6.45) is 2.23. The van der Waals surface area contributed by atoms with Gasteiger partial charge in [-0.2, -0.15) is 0 Å². The molecule has 0 aromatic heterocycles. The van der Waals surface area contributed by atoms with Crippen LogP contribution in [0.3, 0.4) is 0 Å². The van der Waals surface area contributed by atoms with Crippen molar-refractivity contribution in [2.75, 3.05) is 19.0 Å². The number of benzene rings is 4. The Bertz CT molecular complexity index is 1250. The van der Waals surface area contributed by atoms with E-state index in [0.717, 1.165) is 47.4 Å². The summed E-state index contributed by atoms with van der Waals surface area (Å²) in [5.74, 6) is 0.603. The molecule has 202 valence electrons. The Morgan fingerprint density at radius 3 is 1.92 bits per heavy atom. The van der Waals surface area contributed by atoms with Crippen LogP contribution in [-0.2, 0) is 16.9 Å². The Balaban J connectivity index is 1.45. The van der Waals surface area contributed by atoms with Crippen molar-refractivity contribution in [1.29, 1.82) is 0 Å². The zero-order valence-electron chi connectivity index (χ0n) is 22.3. The van der Waals surface area contributed by atoms with Gasteiger partial charge in [0.15, 0.2) is 0 Å². The van der Waals surface area contributed by atoms with Crippen LogP contribution in [0, 0.1) is 0 Å². The van der Waals surface area contributed by atoms with Gasteiger partial charge in [0.2, 0.25) is 5.91 Å². The number of unbranched alkanes of at least 4 members (excludes halogenated alkanes) is 1. The summed E-state index contributed by atoms with van der Waals surface area (Å²) in [5.41, 5.74) is 10.5. The Labute approximate surface area is 230 Å². The van der Waals surface area contributed by atoms with Crippen molar-refractivity contribution in [2.45, 2.75) is 37.5 Å². The normalized spacial score (nSPS) is 12.1. The van der Waals surface area contributed by atoms with E-state index in [1.165, 1.54) is 0 Å². The van der Waals surface area contributed by atoms with Gasteiger partial charge in [-0.05, 0) is 65.9 Å². The number of rotatable bonds is 13. The van der Waals surface area contributed by atoms with Gasteiger partial charge in [-0.3, -0.25) is 10.1 Å². The highest BCUT2D eigenvalue weighted by Gasteiger charge is 2.35. The lowest BCUT2D eigenvalue weighted by Crippen LogP contribution is -2.45. The van der Waals surface area contributed by atoms with Crippen molar-refractivity contribution < 1.29 is 14.6 Å². The molecule has 0 unspecified atom stereocenters. The van der Waals surface area contributed by atoms with Crippen molar-refractivity contribution in [2.24, 2.45) is 5.73 Å². The molecule has 1 atom stereocenters. The molecule has 0 aliphatic heterocycles. The van der Waals surface area contributed by atoms with Gasteiger partial charge < -0.3 is 20.9 Å². The number of ether oxygens (including phenoxy) is 1. The summed E-state index contributed by atoms with van der Waals surface area (Å²) in [7, 11) is 1.67. The number of nitrogens with one attached hydrogen (secondary N) is 2. The molecule has 6 nitrogen and oxygen atoms in total. The van der Waals surface area contributed by atoms with Crippen LogP contribution in [0.2, 0.25) is 0 Å². The Hall–Kier alpha value is -3.97. The molecule has 0 aliphatic rings. The van der Waals surface area contributed by atoms with Crippen LogP contribution < -0.4 is 21.1 Å². The number of aliphatic hydroxyl groups is 1. The molecule has 0 heterocycles. The molecule has 39 heavy (non-hydrogen) atoms. The fourth-order valence-corrected chi connectivity index (χ4v) is 4.85. The van der Waals surface area contributed by atoms with E-state index in [1.807, 2.05) is 24.3 Å². The molecule has 4 aromatic carbocycles. The summed E-state index contributed by atoms with van der Waals surface area (Å²) in [5, 5.41) is 15.9. The van der Waals surface area contributed by atoms with Crippen LogP contribution in [-0.4, -0.2) is 30.7 Å². The van der Waals surface area contributed by atoms with Crippen molar-refractivity contribution >= 4 is 11.6 Å². The summed E-state index contributed by atoms with van der Waals surface area (Å²) < 4.78 is 5.42. The lowest BCUT2D eigenvalue weighted by atomic mass is 9.77. The highest BCUT2D eigenvalue weighted by molar-refractivity contribution is 5.94. The van der Waals surface area contributed by atoms with Gasteiger partial charge in [0.1, 0.15) is 5.75 Å². The Morgan fingerprint density at radius 2 is 1.38 bits per heavy atom. The van der Waals surface area contributed by atoms with Gasteiger partial charge in [-0.15, -0.1) is 0 Å². The van der Waals surface area contributed by atoms with Gasteiger partial charge >= 0.3 is 0 Å². The molecule has 0 saturated heterocycles. The second-order valence-corrected chi connectivity index (χ2v) is 9.58. The van der Waals surface area contributed by atoms with Gasteiger partial charge in [0.05, 0.1) is 25.3 Å². The summed E-state index contributed by atoms with van der Waals surface area (Å²) in [4.78, 5) is 12.6. The zero-order chi connectivity index (χ0) is 27.5. The fraction of sp³-hybridized carbons (Fsp3) is 0.242. The third-order valence-electron chi connectivity index (χ3n) is 7.01. The molecule has 0 saturated carbocycles. The highest BCUT2D eigenvalue weighted by Crippen LogP contribution is 2.37. The fourth-order valence-electron chi connectivity index (χ4n) is 4.85. The number of hydrogen-bond donors (Lipinski definition) is 4. The maximum absolute atomic E-state index is 12.6. The molecule has 0 spiro atoms. The van der Waals surface area contributed by atoms with E-state index in [1.54, 1.807) is 31.4 Å². The van der Waals surface area contributed by atoms with Crippen molar-refractivity contribution in [3.63, 3.8) is 0 Å². The molecular weight excluding hydrogens is 486 g/mol. The van der Waals surface area contributed by atoms with Crippen LogP contribution in [0.5, 0.6) is 5.75 Å². The van der Waals surface area contributed by atoms with Gasteiger partial charge in [0, 0.05) is 5.69 Å². The minimum Gasteiger partial charge on any atom is -0.497 e. The average Bonchev–Trinajstić information content (AvgIpc) is 3.00. The minimum atomic E-state index is -0.600. The van der Waals surface area contributed by atoms with Crippen LogP contribution in [0.15, 0.2) is 109 Å². The number of aliphatic hydroxyl groups excluding tert-OH is 1. The number of carbonyl (C=O) groups is 1. The van der Waals surface area contributed by atoms with E-state index >= 15 is 0 Å². The molecule has 6 heteroatoms. The van der Waals surface area contributed by atoms with Crippen molar-refractivity contribution in [3.8, 4) is 5.75 Å². The van der Waals surface area contributed by atoms with Crippen LogP contribution in [0.1, 0.15) is 41.5 Å². The number of carbonyl (C=O) groups excluding carboxylic acids is 1. The van der Waals surface area contributed by atoms with E-state index < -0.39 is 11.6 Å². The topological polar surface area (TPSA) is 96.6 Å². The molecule has 4 aromatic rings. The highest BCUT2D eigenvalue weighted by atomic mass is 16.5. The maximum Gasteiger partial charge on any atom is 0.241 e. The first-order valence-corrected chi connectivity index (χ1v) is 13.3. The first-order valence-electron chi connectivity index (χ1n) is 13.3. The summed E-state index contributed by atoms with van der Waals surface area (Å²) in [6, 6.07) is 35.6. The quantitative estimate of drug-likeness (QED) is 0.143. The van der Waals surface area contributed by atoms with Crippen LogP contribution in [0.4, 0.5) is 5.69 Å². The number of methoxy groups -OCH3 is 1. The van der Waals surface area contributed by atoms with E-state index in [-0.39, 0.29) is 12.5 Å². The van der Waals surface area contributed by atoms with Gasteiger partial charge in [-0.25, -0.2) is 0 Å². The molecule has 0 radical (unpaired) electrons. The van der Waals surface area contributed by atoms with Crippen LogP contribution >= 0.6 is 0 Å². The van der Waals surface area contributed by atoms with E-state index in [2.05, 4.69) is 71.3 Å². The molecule has 5 N–H and O–H groups in total. The van der Waals surface area contributed by atoms with E-state index in [0.29, 0.717) is 12.1 Å². The minimum absolute atomic E-state index is 0.0317. The lowest BCUT2D eigenvalue weighted by Gasteiger charge is -2.37. The molecule has 0 fully saturated rings. The largest absolute Gasteiger partial charge is 0.497 e. The average molecular weight is 524 g/mol. The predicted octanol–water partition coefficient (Wildman–Crippen LogP) is 5.21. The lowest BCUT2D eigenvalue weighted by molar-refractivity contribution is -0.117. The second-order valence-electron chi connectivity index (χ2n) is 9.58. The predicted molar refractivity (Wildman–Crippen MR) is 157 cm³/mol. The monoisotopic (exact) mass is 523 g/mol. The number of nitrogens with two attached hydrogens (primary N) is 1. The van der Waals surface area contributed by atoms with Gasteiger partial charge in [0.25, 0.3) is 0 Å². The molecule has 0 bridgehead atoms. The summed E-state index contributed by atoms with van der Waals surface area (Å²) >= 11 is 0. The van der Waals surface area contributed by atoms with Crippen LogP contribution in [0.25, 0.3) is 0 Å². The third-order valence-corrected chi connectivity index (χ3v) is 7.01. The first kappa shape index (κ1) is 28.0. The number of anilines is 1. The number of hydrogen-bond acceptors (Lipinski definition) is 5. The van der Waals surface area contributed by atoms with Crippen molar-refractivity contribution in [3.05, 3.63) is 131 Å². The smallest absolute Gasteiger partial charge is 0.241 e. The van der Waals surface area contributed by atoms with E-state index in [9.17, 15) is 9.90 Å². The first-order chi connectivity index (χ1) is 19.1. The molecule has 0 aliphatic carbocycles. The molecular formula is C33H37N3O3. The zero-order valence-corrected chi connectivity index (χ0v) is 22.3. The second kappa shape index (κ2) is 13.7. The van der Waals surface area contributed by atoms with Gasteiger partial charge in [-0.1, -0.05) is 91.3 Å². The Kier molecular flexibility index (Phi) is 9.86.